The van der Waals surface area contributed by atoms with Crippen LogP contribution < -0.4 is 10.2 Å². The van der Waals surface area contributed by atoms with Crippen LogP contribution in [0.5, 0.6) is 0 Å². The minimum atomic E-state index is -0.498. The molecule has 1 fully saturated rings. The van der Waals surface area contributed by atoms with Crippen LogP contribution in [0.15, 0.2) is 67.4 Å². The summed E-state index contributed by atoms with van der Waals surface area (Å²) in [6.07, 6.45) is 5.66. The molecule has 3 aromatic heterocycles. The quantitative estimate of drug-likeness (QED) is 0.312. The molecule has 1 saturated heterocycles. The molecule has 0 atom stereocenters. The van der Waals surface area contributed by atoms with E-state index in [1.807, 2.05) is 33.0 Å². The summed E-state index contributed by atoms with van der Waals surface area (Å²) >= 11 is 0. The minimum absolute atomic E-state index is 0.256. The van der Waals surface area contributed by atoms with Crippen LogP contribution in [0.25, 0.3) is 16.6 Å². The van der Waals surface area contributed by atoms with Crippen molar-refractivity contribution in [3.63, 3.8) is 0 Å². The Hall–Kier alpha value is -4.73. The number of nitrogens with one attached hydrogen (secondary N) is 1. The first-order chi connectivity index (χ1) is 19.7. The molecule has 0 bridgehead atoms. The number of hydrogen-bond acceptors (Lipinski definition) is 8. The fraction of sp³-hybridized carbons (Fsp3) is 0.323. The van der Waals surface area contributed by atoms with Crippen molar-refractivity contribution in [2.45, 2.75) is 39.7 Å². The fourth-order valence-electron chi connectivity index (χ4n) is 5.11. The maximum absolute atomic E-state index is 12.5. The average Bonchev–Trinajstić information content (AvgIpc) is 3.42. The summed E-state index contributed by atoms with van der Waals surface area (Å²) in [5.74, 6) is 0.758. The maximum Gasteiger partial charge on any atom is 0.410 e. The van der Waals surface area contributed by atoms with Crippen LogP contribution in [0.2, 0.25) is 0 Å². The molecular weight excluding hydrogens is 516 g/mol. The van der Waals surface area contributed by atoms with E-state index >= 15 is 0 Å². The number of piperazine rings is 1. The summed E-state index contributed by atoms with van der Waals surface area (Å²) in [7, 11) is 0. The molecule has 0 spiro atoms. The Labute approximate surface area is 239 Å². The lowest BCUT2D eigenvalue weighted by molar-refractivity contribution is 0.0240. The Morgan fingerprint density at radius 1 is 0.951 bits per heavy atom. The van der Waals surface area contributed by atoms with E-state index in [0.29, 0.717) is 13.1 Å². The van der Waals surface area contributed by atoms with E-state index in [0.717, 1.165) is 53.3 Å². The second kappa shape index (κ2) is 10.7. The molecule has 10 heteroatoms. The van der Waals surface area contributed by atoms with E-state index in [1.165, 1.54) is 16.7 Å². The van der Waals surface area contributed by atoms with Gasteiger partial charge in [-0.1, -0.05) is 6.07 Å². The van der Waals surface area contributed by atoms with Gasteiger partial charge < -0.3 is 19.9 Å². The first kappa shape index (κ1) is 26.5. The van der Waals surface area contributed by atoms with Gasteiger partial charge in [0, 0.05) is 49.1 Å². The smallest absolute Gasteiger partial charge is 0.410 e. The van der Waals surface area contributed by atoms with Crippen molar-refractivity contribution in [1.29, 1.82) is 0 Å². The molecule has 210 valence electrons. The van der Waals surface area contributed by atoms with Crippen LogP contribution in [0, 0.1) is 6.92 Å². The molecule has 0 unspecified atom stereocenters. The van der Waals surface area contributed by atoms with Crippen molar-refractivity contribution < 1.29 is 9.53 Å². The van der Waals surface area contributed by atoms with Gasteiger partial charge in [0.2, 0.25) is 0 Å². The van der Waals surface area contributed by atoms with Gasteiger partial charge in [0.1, 0.15) is 24.1 Å². The molecule has 41 heavy (non-hydrogen) atoms. The number of carbonyl (C=O) groups excluding carboxylic acids is 1. The lowest BCUT2D eigenvalue weighted by Crippen LogP contribution is -2.50. The number of amides is 1. The third-order valence-electron chi connectivity index (χ3n) is 7.26. The van der Waals surface area contributed by atoms with Crippen LogP contribution >= 0.6 is 0 Å². The van der Waals surface area contributed by atoms with Gasteiger partial charge in [-0.25, -0.2) is 24.3 Å². The molecule has 1 N–H and O–H groups in total. The van der Waals surface area contributed by atoms with Crippen LogP contribution in [0.1, 0.15) is 37.5 Å². The Morgan fingerprint density at radius 3 is 2.56 bits per heavy atom. The van der Waals surface area contributed by atoms with Gasteiger partial charge in [-0.05, 0) is 93.3 Å². The van der Waals surface area contributed by atoms with Crippen LogP contribution in [0.4, 0.5) is 22.0 Å². The summed E-state index contributed by atoms with van der Waals surface area (Å²) in [4.78, 5) is 29.9. The molecule has 0 aliphatic carbocycles. The first-order valence-corrected chi connectivity index (χ1v) is 13.8. The van der Waals surface area contributed by atoms with E-state index < -0.39 is 5.60 Å². The van der Waals surface area contributed by atoms with E-state index in [2.05, 4.69) is 79.7 Å². The minimum Gasteiger partial charge on any atom is -0.444 e. The number of anilines is 3. The van der Waals surface area contributed by atoms with E-state index in [1.54, 1.807) is 22.1 Å². The topological polar surface area (TPSA) is 101 Å². The Kier molecular flexibility index (Phi) is 6.90. The van der Waals surface area contributed by atoms with Crippen molar-refractivity contribution in [2.24, 2.45) is 0 Å². The van der Waals surface area contributed by atoms with Crippen molar-refractivity contribution >= 4 is 39.8 Å². The summed E-state index contributed by atoms with van der Waals surface area (Å²) in [5, 5.41) is 8.63. The molecule has 10 nitrogen and oxygen atoms in total. The molecule has 6 rings (SSSR count). The molecule has 1 aliphatic heterocycles. The standard InChI is InChI=1S/C31H34N8O2/c1-21-15-24(6-5-23(21)16-22-9-10-39-28(17-22)33-20-35-39)36-29-26-18-25(7-8-27(26)32-19-34-29)37-11-13-38(14-12-37)30(40)41-31(2,3)4/h5-10,15,17-20H,11-14,16H2,1-4H3,(H,32,34,36). The predicted octanol–water partition coefficient (Wildman–Crippen LogP) is 5.37. The Balaban J connectivity index is 1.17. The van der Waals surface area contributed by atoms with Crippen molar-refractivity contribution in [3.05, 3.63) is 84.1 Å². The maximum atomic E-state index is 12.5. The molecular formula is C31H34N8O2. The normalized spacial score (nSPS) is 14.0. The number of benzene rings is 2. The predicted molar refractivity (Wildman–Crippen MR) is 160 cm³/mol. The third kappa shape index (κ3) is 5.91. The third-order valence-corrected chi connectivity index (χ3v) is 7.26. The van der Waals surface area contributed by atoms with E-state index in [9.17, 15) is 4.79 Å². The SMILES string of the molecule is Cc1cc(Nc2ncnc3ccc(N4CCN(C(=O)OC(C)(C)C)CC4)cc23)ccc1Cc1ccn2ncnc2c1. The van der Waals surface area contributed by atoms with Crippen LogP contribution in [-0.4, -0.2) is 67.3 Å². The van der Waals surface area contributed by atoms with Crippen LogP contribution in [0.3, 0.4) is 0 Å². The molecule has 5 aromatic rings. The fourth-order valence-corrected chi connectivity index (χ4v) is 5.11. The lowest BCUT2D eigenvalue weighted by atomic mass is 10.0. The Bertz CT molecular complexity index is 1720. The number of aryl methyl sites for hydroxylation is 1. The van der Waals surface area contributed by atoms with Gasteiger partial charge in [0.15, 0.2) is 5.65 Å². The molecule has 1 amide bonds. The highest BCUT2D eigenvalue weighted by Crippen LogP contribution is 2.29. The van der Waals surface area contributed by atoms with Crippen LogP contribution in [-0.2, 0) is 11.2 Å². The van der Waals surface area contributed by atoms with Gasteiger partial charge in [-0.3, -0.25) is 0 Å². The number of ether oxygens (including phenoxy) is 1. The Morgan fingerprint density at radius 2 is 1.78 bits per heavy atom. The number of aromatic nitrogens is 5. The van der Waals surface area contributed by atoms with Gasteiger partial charge >= 0.3 is 6.09 Å². The highest BCUT2D eigenvalue weighted by atomic mass is 16.6. The van der Waals surface area contributed by atoms with Crippen molar-refractivity contribution in [3.8, 4) is 0 Å². The summed E-state index contributed by atoms with van der Waals surface area (Å²) < 4.78 is 7.31. The van der Waals surface area contributed by atoms with Gasteiger partial charge in [-0.15, -0.1) is 0 Å². The number of rotatable bonds is 5. The lowest BCUT2D eigenvalue weighted by Gasteiger charge is -2.36. The molecule has 1 aliphatic rings. The zero-order valence-corrected chi connectivity index (χ0v) is 23.8. The van der Waals surface area contributed by atoms with Crippen molar-refractivity contribution in [1.82, 2.24) is 29.5 Å². The highest BCUT2D eigenvalue weighted by Gasteiger charge is 2.26. The van der Waals surface area contributed by atoms with Gasteiger partial charge in [-0.2, -0.15) is 5.10 Å². The molecule has 0 radical (unpaired) electrons. The number of carbonyl (C=O) groups is 1. The molecule has 4 heterocycles. The molecule has 0 saturated carbocycles. The zero-order chi connectivity index (χ0) is 28.6. The second-order valence-electron chi connectivity index (χ2n) is 11.4. The monoisotopic (exact) mass is 550 g/mol. The first-order valence-electron chi connectivity index (χ1n) is 13.8. The number of nitrogens with zero attached hydrogens (tertiary/aromatic N) is 7. The highest BCUT2D eigenvalue weighted by molar-refractivity contribution is 5.93. The average molecular weight is 551 g/mol. The van der Waals surface area contributed by atoms with Crippen molar-refractivity contribution in [2.75, 3.05) is 36.4 Å². The summed E-state index contributed by atoms with van der Waals surface area (Å²) in [6, 6.07) is 16.8. The summed E-state index contributed by atoms with van der Waals surface area (Å²) in [6.45, 7) is 10.5. The largest absolute Gasteiger partial charge is 0.444 e. The number of fused-ring (bicyclic) bond motifs is 2. The van der Waals surface area contributed by atoms with E-state index in [4.69, 9.17) is 4.74 Å². The summed E-state index contributed by atoms with van der Waals surface area (Å²) in [5.41, 5.74) is 6.90. The molecule has 2 aromatic carbocycles. The van der Waals surface area contributed by atoms with Gasteiger partial charge in [0.25, 0.3) is 0 Å². The number of pyridine rings is 1. The van der Waals surface area contributed by atoms with E-state index in [-0.39, 0.29) is 6.09 Å². The van der Waals surface area contributed by atoms with Gasteiger partial charge in [0.05, 0.1) is 5.52 Å². The second-order valence-corrected chi connectivity index (χ2v) is 11.4. The zero-order valence-electron chi connectivity index (χ0n) is 23.8. The number of hydrogen-bond donors (Lipinski definition) is 1.